The predicted octanol–water partition coefficient (Wildman–Crippen LogP) is -2.02. The van der Waals surface area contributed by atoms with E-state index in [9.17, 15) is 33.6 Å². The lowest BCUT2D eigenvalue weighted by Crippen LogP contribution is -2.46. The van der Waals surface area contributed by atoms with Crippen LogP contribution in [0.3, 0.4) is 0 Å². The smallest absolute Gasteiger partial charge is 0.224 e. The van der Waals surface area contributed by atoms with Crippen molar-refractivity contribution in [1.82, 2.24) is 47.9 Å². The van der Waals surface area contributed by atoms with Crippen LogP contribution in [0.1, 0.15) is 84.5 Å². The minimum atomic E-state index is -1.16. The van der Waals surface area contributed by atoms with Gasteiger partial charge in [0, 0.05) is 138 Å². The highest BCUT2D eigenvalue weighted by Crippen LogP contribution is 2.13. The second-order valence-electron chi connectivity index (χ2n) is 13.4. The number of ketones is 2. The fraction of sp³-hybridized carbons (Fsp3) is 0.811. The average molecular weight is 785 g/mol. The quantitative estimate of drug-likeness (QED) is 0.0304. The topological polar surface area (TPSA) is 263 Å². The monoisotopic (exact) mass is 785 g/mol. The van der Waals surface area contributed by atoms with Gasteiger partial charge >= 0.3 is 0 Å². The number of carbonyl (C=O) groups is 7. The fourth-order valence-electron chi connectivity index (χ4n) is 5.30. The molecule has 0 aromatic carbocycles. The molecular formula is C37H72N10O8. The maximum Gasteiger partial charge on any atom is 0.224 e. The Morgan fingerprint density at radius 1 is 0.564 bits per heavy atom. The van der Waals surface area contributed by atoms with E-state index in [0.717, 1.165) is 38.8 Å². The summed E-state index contributed by atoms with van der Waals surface area (Å²) in [4.78, 5) is 87.7. The van der Waals surface area contributed by atoms with Gasteiger partial charge in [0.1, 0.15) is 5.78 Å². The van der Waals surface area contributed by atoms with Crippen LogP contribution in [0, 0.1) is 5.92 Å². The number of rotatable bonds is 38. The highest BCUT2D eigenvalue weighted by molar-refractivity contribution is 5.96. The molecule has 0 saturated heterocycles. The standard InChI is InChI=1S/C37H72N10O8/c1-4-5-6-7-13-46-37(54)30(27-35(52)44-23-20-40-16-15-39-14-12-38)26-33(50)32(47-29(2)48)28-36(53)45-24-21-42-18-17-41-19-22-43-34(51)11-10-31(49)9-8-25-55-3/h30,32,39-42H,4-28,38H2,1-3H3,(H,43,51)(H,44,52)(H,45,53)(H,46,54)(H,47,48). The minimum absolute atomic E-state index is 0.0491. The molecule has 11 N–H and O–H groups in total. The van der Waals surface area contributed by atoms with Crippen LogP contribution in [0.2, 0.25) is 0 Å². The van der Waals surface area contributed by atoms with Crippen molar-refractivity contribution in [2.24, 2.45) is 11.7 Å². The molecule has 0 bridgehead atoms. The van der Waals surface area contributed by atoms with Crippen molar-refractivity contribution in [3.05, 3.63) is 0 Å². The van der Waals surface area contributed by atoms with Crippen molar-refractivity contribution in [1.29, 1.82) is 0 Å². The Bertz CT molecular complexity index is 1100. The SMILES string of the molecule is CCCCCCNC(=O)C(CC(=O)NCCNCCNCCN)CC(=O)C(CC(=O)NCCNCCNCCNC(=O)CCC(=O)CCCOC)NC(C)=O. The van der Waals surface area contributed by atoms with Crippen LogP contribution >= 0.6 is 0 Å². The van der Waals surface area contributed by atoms with E-state index in [2.05, 4.69) is 54.8 Å². The molecule has 0 fully saturated rings. The van der Waals surface area contributed by atoms with Gasteiger partial charge in [-0.2, -0.15) is 0 Å². The van der Waals surface area contributed by atoms with Crippen LogP contribution in [0.25, 0.3) is 0 Å². The molecule has 318 valence electrons. The molecule has 0 aromatic heterocycles. The largest absolute Gasteiger partial charge is 0.385 e. The van der Waals surface area contributed by atoms with E-state index in [1.165, 1.54) is 6.92 Å². The molecule has 0 heterocycles. The molecule has 18 nitrogen and oxygen atoms in total. The van der Waals surface area contributed by atoms with Crippen LogP contribution in [-0.2, 0) is 38.3 Å². The van der Waals surface area contributed by atoms with E-state index in [-0.39, 0.29) is 56.2 Å². The molecule has 0 saturated carbocycles. The molecule has 0 aliphatic heterocycles. The van der Waals surface area contributed by atoms with E-state index in [4.69, 9.17) is 10.5 Å². The number of nitrogens with one attached hydrogen (secondary N) is 9. The van der Waals surface area contributed by atoms with Crippen molar-refractivity contribution in [2.75, 3.05) is 98.8 Å². The van der Waals surface area contributed by atoms with Gasteiger partial charge in [-0.3, -0.25) is 33.6 Å². The lowest BCUT2D eigenvalue weighted by molar-refractivity contribution is -0.135. The van der Waals surface area contributed by atoms with Crippen LogP contribution in [0.5, 0.6) is 0 Å². The molecule has 0 spiro atoms. The summed E-state index contributed by atoms with van der Waals surface area (Å²) < 4.78 is 4.92. The second-order valence-corrected chi connectivity index (χ2v) is 13.4. The van der Waals surface area contributed by atoms with Crippen molar-refractivity contribution >= 4 is 41.1 Å². The molecule has 2 atom stereocenters. The van der Waals surface area contributed by atoms with E-state index in [1.807, 2.05) is 0 Å². The normalized spacial score (nSPS) is 12.0. The van der Waals surface area contributed by atoms with Crippen molar-refractivity contribution in [3.8, 4) is 0 Å². The zero-order valence-corrected chi connectivity index (χ0v) is 33.7. The first-order valence-electron chi connectivity index (χ1n) is 19.9. The number of methoxy groups -OCH3 is 1. The van der Waals surface area contributed by atoms with Gasteiger partial charge in [-0.25, -0.2) is 0 Å². The predicted molar refractivity (Wildman–Crippen MR) is 212 cm³/mol. The lowest BCUT2D eigenvalue weighted by atomic mass is 9.92. The molecule has 0 radical (unpaired) electrons. The number of nitrogens with two attached hydrogens (primary N) is 1. The van der Waals surface area contributed by atoms with Crippen molar-refractivity contribution in [2.45, 2.75) is 90.5 Å². The average Bonchev–Trinajstić information content (AvgIpc) is 3.14. The first-order chi connectivity index (χ1) is 26.5. The maximum atomic E-state index is 13.4. The number of carbonyl (C=O) groups excluding carboxylic acids is 7. The summed E-state index contributed by atoms with van der Waals surface area (Å²) in [7, 11) is 1.58. The number of ether oxygens (including phenoxy) is 1. The molecule has 18 heteroatoms. The number of amides is 5. The molecule has 55 heavy (non-hydrogen) atoms. The van der Waals surface area contributed by atoms with Crippen molar-refractivity contribution < 1.29 is 38.3 Å². The Morgan fingerprint density at radius 2 is 1.11 bits per heavy atom. The molecule has 0 aromatic rings. The fourth-order valence-corrected chi connectivity index (χ4v) is 5.30. The zero-order chi connectivity index (χ0) is 40.9. The van der Waals surface area contributed by atoms with Gasteiger partial charge < -0.3 is 58.3 Å². The Hall–Kier alpha value is -3.55. The lowest BCUT2D eigenvalue weighted by Gasteiger charge is -2.21. The van der Waals surface area contributed by atoms with Gasteiger partial charge in [0.15, 0.2) is 5.78 Å². The Labute approximate surface area is 327 Å². The number of Topliss-reactive ketones (excluding diaryl/α,β-unsaturated/α-hetero) is 2. The van der Waals surface area contributed by atoms with Crippen LogP contribution in [-0.4, -0.2) is 146 Å². The first-order valence-corrected chi connectivity index (χ1v) is 19.9. The zero-order valence-electron chi connectivity index (χ0n) is 33.7. The molecule has 5 amide bonds. The third-order valence-corrected chi connectivity index (χ3v) is 8.32. The molecule has 0 aliphatic rings. The molecular weight excluding hydrogens is 712 g/mol. The number of unbranched alkanes of at least 4 members (excludes halogenated alkanes) is 3. The highest BCUT2D eigenvalue weighted by atomic mass is 16.5. The van der Waals surface area contributed by atoms with Gasteiger partial charge in [0.25, 0.3) is 0 Å². The van der Waals surface area contributed by atoms with Gasteiger partial charge in [-0.15, -0.1) is 0 Å². The summed E-state index contributed by atoms with van der Waals surface area (Å²) >= 11 is 0. The maximum absolute atomic E-state index is 13.4. The van der Waals surface area contributed by atoms with E-state index in [1.54, 1.807) is 7.11 Å². The van der Waals surface area contributed by atoms with E-state index < -0.39 is 35.5 Å². The summed E-state index contributed by atoms with van der Waals surface area (Å²) in [5.41, 5.74) is 5.45. The minimum Gasteiger partial charge on any atom is -0.385 e. The Morgan fingerprint density at radius 3 is 1.65 bits per heavy atom. The molecule has 0 aliphatic carbocycles. The van der Waals surface area contributed by atoms with Gasteiger partial charge in [-0.1, -0.05) is 26.2 Å². The third kappa shape index (κ3) is 32.4. The summed E-state index contributed by atoms with van der Waals surface area (Å²) in [6.07, 6.45) is 4.43. The van der Waals surface area contributed by atoms with E-state index >= 15 is 0 Å². The number of hydrogen-bond acceptors (Lipinski definition) is 13. The highest BCUT2D eigenvalue weighted by Gasteiger charge is 2.30. The van der Waals surface area contributed by atoms with Crippen LogP contribution in [0.15, 0.2) is 0 Å². The third-order valence-electron chi connectivity index (χ3n) is 8.32. The number of hydrogen-bond donors (Lipinski definition) is 10. The van der Waals surface area contributed by atoms with Gasteiger partial charge in [-0.05, 0) is 12.8 Å². The van der Waals surface area contributed by atoms with E-state index in [0.29, 0.717) is 84.9 Å². The summed E-state index contributed by atoms with van der Waals surface area (Å²) in [5, 5.41) is 26.4. The summed E-state index contributed by atoms with van der Waals surface area (Å²) in [6, 6.07) is -1.16. The summed E-state index contributed by atoms with van der Waals surface area (Å²) in [5.74, 6) is -3.33. The van der Waals surface area contributed by atoms with Gasteiger partial charge in [0.05, 0.1) is 18.4 Å². The van der Waals surface area contributed by atoms with Gasteiger partial charge in [0.2, 0.25) is 29.5 Å². The Kier molecular flexibility index (Phi) is 33.8. The van der Waals surface area contributed by atoms with Crippen LogP contribution in [0.4, 0.5) is 0 Å². The molecule has 2 unspecified atom stereocenters. The first kappa shape index (κ1) is 51.5. The summed E-state index contributed by atoms with van der Waals surface area (Å²) in [6.45, 7) is 10.8. The molecule has 0 rings (SSSR count). The second kappa shape index (κ2) is 36.1. The van der Waals surface area contributed by atoms with Crippen LogP contribution < -0.4 is 53.6 Å². The Balaban J connectivity index is 4.68. The van der Waals surface area contributed by atoms with Crippen molar-refractivity contribution in [3.63, 3.8) is 0 Å².